The zero-order chi connectivity index (χ0) is 22.1. The lowest BCUT2D eigenvalue weighted by Crippen LogP contribution is -2.19. The summed E-state index contributed by atoms with van der Waals surface area (Å²) in [4.78, 5) is 17.0. The number of hydrogen-bond acceptors (Lipinski definition) is 5. The molecule has 0 spiro atoms. The minimum Gasteiger partial charge on any atom is -0.489 e. The summed E-state index contributed by atoms with van der Waals surface area (Å²) in [5.41, 5.74) is 6.19. The molecule has 2 aromatic carbocycles. The fourth-order valence-corrected chi connectivity index (χ4v) is 4.88. The molecule has 1 atom stereocenters. The molecule has 3 aromatic rings. The van der Waals surface area contributed by atoms with Crippen LogP contribution in [0.2, 0.25) is 0 Å². The lowest BCUT2D eigenvalue weighted by atomic mass is 9.87. The van der Waals surface area contributed by atoms with Crippen LogP contribution in [0.3, 0.4) is 0 Å². The second kappa shape index (κ2) is 8.55. The van der Waals surface area contributed by atoms with Crippen molar-refractivity contribution in [3.63, 3.8) is 0 Å². The van der Waals surface area contributed by atoms with Gasteiger partial charge in [0.2, 0.25) is 0 Å². The number of carboxylic acid groups (broad SMARTS) is 1. The number of hydrogen-bond donors (Lipinski definition) is 1. The number of nitrogens with zero attached hydrogens (tertiary/aromatic N) is 1. The van der Waals surface area contributed by atoms with Crippen LogP contribution in [-0.2, 0) is 11.4 Å². The van der Waals surface area contributed by atoms with Crippen LogP contribution in [0, 0.1) is 20.8 Å². The number of thiazole rings is 1. The molecule has 0 saturated heterocycles. The third-order valence-electron chi connectivity index (χ3n) is 5.52. The van der Waals surface area contributed by atoms with Crippen molar-refractivity contribution in [1.82, 2.24) is 4.98 Å². The van der Waals surface area contributed by atoms with E-state index >= 15 is 0 Å². The third-order valence-corrected chi connectivity index (χ3v) is 6.68. The van der Waals surface area contributed by atoms with Gasteiger partial charge in [-0.3, -0.25) is 4.79 Å². The molecule has 0 bridgehead atoms. The van der Waals surface area contributed by atoms with Gasteiger partial charge in [0.15, 0.2) is 0 Å². The average molecular weight is 436 g/mol. The molecule has 4 rings (SSSR count). The second-order valence-electron chi connectivity index (χ2n) is 7.93. The molecule has 0 fully saturated rings. The largest absolute Gasteiger partial charge is 0.489 e. The van der Waals surface area contributed by atoms with Crippen molar-refractivity contribution >= 4 is 17.3 Å². The summed E-state index contributed by atoms with van der Waals surface area (Å²) < 4.78 is 11.8. The molecule has 1 N–H and O–H groups in total. The maximum absolute atomic E-state index is 11.2. The molecule has 0 saturated carbocycles. The van der Waals surface area contributed by atoms with Gasteiger partial charge in [0, 0.05) is 23.1 Å². The number of carbonyl (C=O) groups is 1. The van der Waals surface area contributed by atoms with Gasteiger partial charge < -0.3 is 14.6 Å². The van der Waals surface area contributed by atoms with E-state index < -0.39 is 5.97 Å². The van der Waals surface area contributed by atoms with Gasteiger partial charge in [-0.05, 0) is 38.0 Å². The van der Waals surface area contributed by atoms with Crippen LogP contribution < -0.4 is 9.47 Å². The summed E-state index contributed by atoms with van der Waals surface area (Å²) >= 11 is 1.64. The highest BCUT2D eigenvalue weighted by Crippen LogP contribution is 2.40. The molecule has 1 aromatic heterocycles. The predicted octanol–water partition coefficient (Wildman–Crippen LogP) is 5.82. The minimum atomic E-state index is -0.848. The van der Waals surface area contributed by atoms with E-state index in [-0.39, 0.29) is 12.3 Å². The number of benzene rings is 2. The van der Waals surface area contributed by atoms with Crippen molar-refractivity contribution in [1.29, 1.82) is 0 Å². The van der Waals surface area contributed by atoms with E-state index in [0.29, 0.717) is 24.7 Å². The Hall–Kier alpha value is -3.12. The third kappa shape index (κ3) is 4.49. The van der Waals surface area contributed by atoms with Gasteiger partial charge in [-0.25, -0.2) is 4.98 Å². The van der Waals surface area contributed by atoms with Gasteiger partial charge in [-0.1, -0.05) is 36.4 Å². The second-order valence-corrected chi connectivity index (χ2v) is 9.02. The Morgan fingerprint density at radius 1 is 1.26 bits per heavy atom. The summed E-state index contributed by atoms with van der Waals surface area (Å²) in [6, 6.07) is 12.0. The molecule has 6 heteroatoms. The number of aryl methyl sites for hydroxylation is 3. The molecule has 0 radical (unpaired) electrons. The first-order valence-corrected chi connectivity index (χ1v) is 11.0. The molecule has 1 aliphatic heterocycles. The van der Waals surface area contributed by atoms with Crippen molar-refractivity contribution in [2.24, 2.45) is 0 Å². The quantitative estimate of drug-likeness (QED) is 0.494. The highest BCUT2D eigenvalue weighted by molar-refractivity contribution is 7.15. The maximum Gasteiger partial charge on any atom is 0.304 e. The molecule has 0 aliphatic carbocycles. The first kappa shape index (κ1) is 21.1. The van der Waals surface area contributed by atoms with E-state index in [9.17, 15) is 9.90 Å². The average Bonchev–Trinajstić information content (AvgIpc) is 3.08. The van der Waals surface area contributed by atoms with E-state index in [0.717, 1.165) is 32.3 Å². The van der Waals surface area contributed by atoms with E-state index in [4.69, 9.17) is 14.5 Å². The van der Waals surface area contributed by atoms with Crippen molar-refractivity contribution in [2.45, 2.75) is 39.7 Å². The highest BCUT2D eigenvalue weighted by atomic mass is 32.1. The highest BCUT2D eigenvalue weighted by Gasteiger charge is 2.27. The van der Waals surface area contributed by atoms with Crippen LogP contribution in [0.25, 0.3) is 10.6 Å². The Morgan fingerprint density at radius 2 is 2.06 bits per heavy atom. The van der Waals surface area contributed by atoms with Crippen LogP contribution in [0.1, 0.15) is 39.6 Å². The number of fused-ring (bicyclic) bond motifs is 1. The molecular formula is C25H25NO4S. The Bertz CT molecular complexity index is 1160. The van der Waals surface area contributed by atoms with Crippen LogP contribution in [0.4, 0.5) is 0 Å². The Balaban J connectivity index is 1.51. The molecule has 0 amide bonds. The monoisotopic (exact) mass is 435 g/mol. The summed E-state index contributed by atoms with van der Waals surface area (Å²) in [6.45, 7) is 10.9. The number of rotatable bonds is 6. The Morgan fingerprint density at radius 3 is 2.81 bits per heavy atom. The van der Waals surface area contributed by atoms with E-state index in [1.165, 1.54) is 11.1 Å². The fraction of sp³-hybridized carbons (Fsp3) is 0.280. The van der Waals surface area contributed by atoms with Gasteiger partial charge in [0.1, 0.15) is 29.7 Å². The van der Waals surface area contributed by atoms with E-state index in [1.54, 1.807) is 11.3 Å². The van der Waals surface area contributed by atoms with Crippen LogP contribution >= 0.6 is 11.3 Å². The number of aromatic nitrogens is 1. The molecule has 2 heterocycles. The van der Waals surface area contributed by atoms with Crippen molar-refractivity contribution in [2.75, 3.05) is 6.61 Å². The summed E-state index contributed by atoms with van der Waals surface area (Å²) in [7, 11) is 0. The van der Waals surface area contributed by atoms with E-state index in [2.05, 4.69) is 38.6 Å². The number of ether oxygens (including phenoxy) is 2. The molecule has 1 aliphatic rings. The molecule has 31 heavy (non-hydrogen) atoms. The van der Waals surface area contributed by atoms with Gasteiger partial charge in [0.25, 0.3) is 0 Å². The molecular weight excluding hydrogens is 410 g/mol. The van der Waals surface area contributed by atoms with Crippen molar-refractivity contribution in [3.05, 3.63) is 75.8 Å². The lowest BCUT2D eigenvalue weighted by Gasteiger charge is -2.27. The van der Waals surface area contributed by atoms with Gasteiger partial charge in [0.05, 0.1) is 17.0 Å². The lowest BCUT2D eigenvalue weighted by molar-refractivity contribution is -0.137. The number of carboxylic acids is 1. The van der Waals surface area contributed by atoms with Gasteiger partial charge in [-0.15, -0.1) is 11.3 Å². The summed E-state index contributed by atoms with van der Waals surface area (Å²) in [5, 5.41) is 10.2. The summed E-state index contributed by atoms with van der Waals surface area (Å²) in [6.07, 6.45) is 0.0106. The van der Waals surface area contributed by atoms with Crippen LogP contribution in [0.15, 0.2) is 48.6 Å². The fourth-order valence-electron chi connectivity index (χ4n) is 3.82. The Labute approximate surface area is 186 Å². The SMILES string of the molecule is C=C1COc2cc(OCc3sc(-c4ccc(C)cc4C)nc3C)ccc2C1CC(=O)O. The van der Waals surface area contributed by atoms with Crippen LogP contribution in [-0.4, -0.2) is 22.7 Å². The summed E-state index contributed by atoms with van der Waals surface area (Å²) in [5.74, 6) is 0.258. The molecule has 5 nitrogen and oxygen atoms in total. The topological polar surface area (TPSA) is 68.7 Å². The van der Waals surface area contributed by atoms with Crippen molar-refractivity contribution in [3.8, 4) is 22.1 Å². The minimum absolute atomic E-state index is 0.0106. The number of aliphatic carboxylic acids is 1. The zero-order valence-electron chi connectivity index (χ0n) is 17.9. The predicted molar refractivity (Wildman–Crippen MR) is 122 cm³/mol. The first-order chi connectivity index (χ1) is 14.8. The maximum atomic E-state index is 11.2. The van der Waals surface area contributed by atoms with Crippen LogP contribution in [0.5, 0.6) is 11.5 Å². The first-order valence-electron chi connectivity index (χ1n) is 10.1. The van der Waals surface area contributed by atoms with E-state index in [1.807, 2.05) is 25.1 Å². The zero-order valence-corrected chi connectivity index (χ0v) is 18.7. The Kier molecular flexibility index (Phi) is 5.83. The van der Waals surface area contributed by atoms with Gasteiger partial charge >= 0.3 is 5.97 Å². The van der Waals surface area contributed by atoms with Crippen molar-refractivity contribution < 1.29 is 19.4 Å². The smallest absolute Gasteiger partial charge is 0.304 e. The standard InChI is InChI=1S/C25H25NO4S/c1-14-5-7-19(15(2)9-14)25-26-17(4)23(31-25)13-29-18-6-8-20-21(11-24(27)28)16(3)12-30-22(20)10-18/h5-10,21H,3,11-13H2,1-2,4H3,(H,27,28). The normalized spacial score (nSPS) is 15.3. The molecule has 1 unspecified atom stereocenters. The molecule has 160 valence electrons. The van der Waals surface area contributed by atoms with Gasteiger partial charge in [-0.2, -0.15) is 0 Å².